The molecule has 29 heavy (non-hydrogen) atoms. The molecule has 0 radical (unpaired) electrons. The predicted octanol–water partition coefficient (Wildman–Crippen LogP) is 1.70. The van der Waals surface area contributed by atoms with Gasteiger partial charge in [-0.05, 0) is 50.5 Å². The van der Waals surface area contributed by atoms with Gasteiger partial charge in [-0.1, -0.05) is 19.9 Å². The molecule has 1 saturated heterocycles. The summed E-state index contributed by atoms with van der Waals surface area (Å²) >= 11 is 3.86. The Hall–Kier alpha value is -2.03. The number of amides is 3. The van der Waals surface area contributed by atoms with E-state index in [4.69, 9.17) is 4.74 Å². The second-order valence-corrected chi connectivity index (χ2v) is 8.48. The first-order chi connectivity index (χ1) is 13.8. The fourth-order valence-electron chi connectivity index (χ4n) is 3.54. The zero-order valence-electron chi connectivity index (χ0n) is 17.0. The van der Waals surface area contributed by atoms with Crippen molar-refractivity contribution in [2.24, 2.45) is 11.8 Å². The second-order valence-electron chi connectivity index (χ2n) is 8.04. The third-order valence-corrected chi connectivity index (χ3v) is 5.39. The predicted molar refractivity (Wildman–Crippen MR) is 111 cm³/mol. The molecule has 0 spiro atoms. The van der Waals surface area contributed by atoms with Gasteiger partial charge < -0.3 is 20.7 Å². The molecule has 1 aliphatic carbocycles. The quantitative estimate of drug-likeness (QED) is 0.332. The lowest BCUT2D eigenvalue weighted by atomic mass is 9.98. The van der Waals surface area contributed by atoms with E-state index in [1.165, 1.54) is 0 Å². The number of carbonyl (C=O) groups is 4. The normalized spacial score (nSPS) is 23.2. The number of allylic oxidation sites excluding steroid dienone is 1. The molecule has 0 bridgehead atoms. The van der Waals surface area contributed by atoms with E-state index in [0.29, 0.717) is 19.4 Å². The highest BCUT2D eigenvalue weighted by Crippen LogP contribution is 2.18. The van der Waals surface area contributed by atoms with Gasteiger partial charge in [-0.2, -0.15) is 0 Å². The van der Waals surface area contributed by atoms with Crippen LogP contribution in [0, 0.1) is 11.8 Å². The Bertz CT molecular complexity index is 652. The van der Waals surface area contributed by atoms with Crippen molar-refractivity contribution in [1.82, 2.24) is 16.0 Å². The molecule has 0 saturated carbocycles. The summed E-state index contributed by atoms with van der Waals surface area (Å²) in [5.41, 5.74) is 0. The number of alkyl carbamates (subject to hydrolysis) is 1. The van der Waals surface area contributed by atoms with E-state index in [2.05, 4.69) is 28.6 Å². The van der Waals surface area contributed by atoms with E-state index in [1.807, 2.05) is 26.0 Å². The molecule has 8 nitrogen and oxygen atoms in total. The lowest BCUT2D eigenvalue weighted by molar-refractivity contribution is -0.128. The highest BCUT2D eigenvalue weighted by atomic mass is 32.1. The molecule has 9 heteroatoms. The first-order valence-corrected chi connectivity index (χ1v) is 10.7. The summed E-state index contributed by atoms with van der Waals surface area (Å²) in [4.78, 5) is 48.8. The maximum atomic E-state index is 12.8. The van der Waals surface area contributed by atoms with Crippen molar-refractivity contribution < 1.29 is 23.9 Å². The van der Waals surface area contributed by atoms with E-state index in [9.17, 15) is 19.2 Å². The topological polar surface area (TPSA) is 114 Å². The number of rotatable bonds is 9. The van der Waals surface area contributed by atoms with E-state index in [0.717, 1.165) is 19.3 Å². The van der Waals surface area contributed by atoms with Crippen molar-refractivity contribution in [3.8, 4) is 0 Å². The smallest absolute Gasteiger partial charge is 0.408 e. The number of hydrogen-bond donors (Lipinski definition) is 4. The Balaban J connectivity index is 1.97. The van der Waals surface area contributed by atoms with Gasteiger partial charge >= 0.3 is 6.09 Å². The van der Waals surface area contributed by atoms with E-state index >= 15 is 0 Å². The Kier molecular flexibility index (Phi) is 9.00. The van der Waals surface area contributed by atoms with Crippen molar-refractivity contribution in [2.45, 2.75) is 70.6 Å². The first-order valence-electron chi connectivity index (χ1n) is 10.2. The van der Waals surface area contributed by atoms with Crippen LogP contribution in [0.4, 0.5) is 4.79 Å². The van der Waals surface area contributed by atoms with E-state index < -0.39 is 29.2 Å². The van der Waals surface area contributed by atoms with Gasteiger partial charge in [0.2, 0.25) is 16.9 Å². The molecule has 162 valence electrons. The molecule has 3 N–H and O–H groups in total. The molecule has 0 unspecified atom stereocenters. The van der Waals surface area contributed by atoms with Gasteiger partial charge in [0, 0.05) is 12.5 Å². The third kappa shape index (κ3) is 7.72. The van der Waals surface area contributed by atoms with Crippen LogP contribution in [0.1, 0.15) is 52.4 Å². The highest BCUT2D eigenvalue weighted by Gasteiger charge is 2.32. The van der Waals surface area contributed by atoms with Gasteiger partial charge in [0.25, 0.3) is 0 Å². The van der Waals surface area contributed by atoms with Crippen LogP contribution in [-0.2, 0) is 19.1 Å². The van der Waals surface area contributed by atoms with Gasteiger partial charge in [0.05, 0.1) is 6.04 Å². The summed E-state index contributed by atoms with van der Waals surface area (Å²) in [7, 11) is 0. The summed E-state index contributed by atoms with van der Waals surface area (Å²) in [6.45, 7) is 4.42. The maximum absolute atomic E-state index is 12.8. The van der Waals surface area contributed by atoms with Crippen LogP contribution in [0.15, 0.2) is 12.2 Å². The number of nitrogens with one attached hydrogen (secondary N) is 3. The SMILES string of the molecule is CC(C)C[C@H](NC(=O)O[C@H]1C=CCCC1)C(=O)N[C@@H](C[C@@H]1CCNC1=O)C(=O)S. The summed E-state index contributed by atoms with van der Waals surface area (Å²) in [6.07, 6.45) is 6.73. The Morgan fingerprint density at radius 3 is 2.55 bits per heavy atom. The number of hydrogen-bond acceptors (Lipinski definition) is 5. The lowest BCUT2D eigenvalue weighted by Gasteiger charge is -2.25. The minimum Gasteiger partial charge on any atom is -0.442 e. The van der Waals surface area contributed by atoms with Crippen molar-refractivity contribution in [2.75, 3.05) is 6.54 Å². The third-order valence-electron chi connectivity index (χ3n) is 5.08. The van der Waals surface area contributed by atoms with E-state index in [-0.39, 0.29) is 30.3 Å². The fourth-order valence-corrected chi connectivity index (χ4v) is 3.71. The van der Waals surface area contributed by atoms with E-state index in [1.54, 1.807) is 0 Å². The summed E-state index contributed by atoms with van der Waals surface area (Å²) in [5.74, 6) is -0.817. The fraction of sp³-hybridized carbons (Fsp3) is 0.700. The second kappa shape index (κ2) is 11.2. The van der Waals surface area contributed by atoms with Crippen molar-refractivity contribution in [3.63, 3.8) is 0 Å². The summed E-state index contributed by atoms with van der Waals surface area (Å²) in [6, 6.07) is -1.74. The maximum Gasteiger partial charge on any atom is 0.408 e. The van der Waals surface area contributed by atoms with Crippen LogP contribution in [0.2, 0.25) is 0 Å². The van der Waals surface area contributed by atoms with Crippen LogP contribution < -0.4 is 16.0 Å². The molecular formula is C20H31N3O5S. The average molecular weight is 426 g/mol. The molecule has 1 heterocycles. The molecule has 1 aliphatic heterocycles. The molecule has 0 aromatic rings. The number of carbonyl (C=O) groups excluding carboxylic acids is 4. The number of thiol groups is 1. The van der Waals surface area contributed by atoms with Crippen LogP contribution >= 0.6 is 12.6 Å². The minimum atomic E-state index is -0.895. The average Bonchev–Trinajstić information content (AvgIpc) is 3.05. The zero-order valence-corrected chi connectivity index (χ0v) is 17.9. The Morgan fingerprint density at radius 1 is 1.24 bits per heavy atom. The van der Waals surface area contributed by atoms with Crippen molar-refractivity contribution in [3.05, 3.63) is 12.2 Å². The first kappa shape index (κ1) is 23.3. The monoisotopic (exact) mass is 425 g/mol. The summed E-state index contributed by atoms with van der Waals surface area (Å²) < 4.78 is 5.38. The molecule has 0 aromatic carbocycles. The largest absolute Gasteiger partial charge is 0.442 e. The van der Waals surface area contributed by atoms with Crippen LogP contribution in [0.3, 0.4) is 0 Å². The lowest BCUT2D eigenvalue weighted by Crippen LogP contribution is -2.52. The van der Waals surface area contributed by atoms with Gasteiger partial charge in [-0.25, -0.2) is 4.79 Å². The Morgan fingerprint density at radius 2 is 2.00 bits per heavy atom. The molecular weight excluding hydrogens is 394 g/mol. The number of ether oxygens (including phenoxy) is 1. The van der Waals surface area contributed by atoms with Crippen molar-refractivity contribution in [1.29, 1.82) is 0 Å². The molecule has 2 aliphatic rings. The van der Waals surface area contributed by atoms with Crippen LogP contribution in [-0.4, -0.2) is 47.8 Å². The van der Waals surface area contributed by atoms with Gasteiger partial charge in [0.1, 0.15) is 12.1 Å². The minimum absolute atomic E-state index is 0.125. The molecule has 3 amide bonds. The molecule has 4 atom stereocenters. The molecule has 2 rings (SSSR count). The molecule has 0 aromatic heterocycles. The zero-order chi connectivity index (χ0) is 21.4. The van der Waals surface area contributed by atoms with Gasteiger partial charge in [0.15, 0.2) is 0 Å². The summed E-state index contributed by atoms with van der Waals surface area (Å²) in [5, 5.41) is 7.47. The van der Waals surface area contributed by atoms with Crippen LogP contribution in [0.25, 0.3) is 0 Å². The van der Waals surface area contributed by atoms with Crippen LogP contribution in [0.5, 0.6) is 0 Å². The van der Waals surface area contributed by atoms with Gasteiger partial charge in [-0.15, -0.1) is 12.6 Å². The van der Waals surface area contributed by atoms with Crippen molar-refractivity contribution >= 4 is 35.7 Å². The highest BCUT2D eigenvalue weighted by molar-refractivity contribution is 7.96. The Labute approximate surface area is 177 Å². The standard InChI is InChI=1S/C20H31N3O5S/c1-12(2)10-15(23-20(27)28-14-6-4-3-5-7-14)18(25)22-16(19(26)29)11-13-8-9-21-17(13)24/h4,6,12-16H,3,5,7-11H2,1-2H3,(H,21,24)(H,22,25)(H,23,27)(H,26,29)/t13-,14-,15-,16-/m0/s1. The molecule has 1 fully saturated rings. The van der Waals surface area contributed by atoms with Gasteiger partial charge in [-0.3, -0.25) is 14.4 Å².